The SMILES string of the molecule is CCCCCCCCC1(CCCCCCCC)c2ccccc2-c2cc3c4ccccc4n(-c4ccc(C(C)(C)C)cc4)c3cc21. The van der Waals surface area contributed by atoms with Crippen LogP contribution in [0.3, 0.4) is 0 Å². The molecule has 0 radical (unpaired) electrons. The maximum absolute atomic E-state index is 2.64. The Morgan fingerprint density at radius 2 is 1.11 bits per heavy atom. The Hall–Kier alpha value is -3.32. The van der Waals surface area contributed by atoms with Crippen molar-refractivity contribution in [3.05, 3.63) is 102 Å². The molecule has 1 aliphatic rings. The maximum Gasteiger partial charge on any atom is 0.0544 e. The number of unbranched alkanes of at least 4 members (excludes halogenated alkanes) is 10. The third-order valence-corrected chi connectivity index (χ3v) is 11.0. The first-order valence-corrected chi connectivity index (χ1v) is 18.7. The van der Waals surface area contributed by atoms with Crippen LogP contribution < -0.4 is 0 Å². The summed E-state index contributed by atoms with van der Waals surface area (Å²) < 4.78 is 2.54. The molecule has 1 heterocycles. The summed E-state index contributed by atoms with van der Waals surface area (Å²) >= 11 is 0. The standard InChI is InChI=1S/C45H57N/c1-6-8-10-12-14-20-30-45(31-21-15-13-11-9-7-2)40-24-18-16-22-36(40)38-32-39-37-23-17-19-25-42(37)46(43(39)33-41(38)45)35-28-26-34(27-29-35)44(3,4)5/h16-19,22-29,32-33H,6-15,20-21,30-31H2,1-5H3. The lowest BCUT2D eigenvalue weighted by atomic mass is 9.70. The van der Waals surface area contributed by atoms with Crippen molar-refractivity contribution in [3.8, 4) is 16.8 Å². The molecule has 0 amide bonds. The van der Waals surface area contributed by atoms with Gasteiger partial charge in [-0.15, -0.1) is 0 Å². The third kappa shape index (κ3) is 6.32. The monoisotopic (exact) mass is 611 g/mol. The van der Waals surface area contributed by atoms with Gasteiger partial charge in [0.1, 0.15) is 0 Å². The van der Waals surface area contributed by atoms with Gasteiger partial charge in [-0.25, -0.2) is 0 Å². The normalized spacial score (nSPS) is 13.8. The zero-order valence-electron chi connectivity index (χ0n) is 29.4. The number of hydrogen-bond acceptors (Lipinski definition) is 0. The second-order valence-electron chi connectivity index (χ2n) is 15.2. The smallest absolute Gasteiger partial charge is 0.0544 e. The van der Waals surface area contributed by atoms with Gasteiger partial charge in [-0.1, -0.05) is 166 Å². The zero-order valence-corrected chi connectivity index (χ0v) is 29.4. The summed E-state index contributed by atoms with van der Waals surface area (Å²) in [4.78, 5) is 0. The minimum atomic E-state index is 0.0903. The van der Waals surface area contributed by atoms with Gasteiger partial charge in [-0.2, -0.15) is 0 Å². The molecule has 0 spiro atoms. The molecule has 0 bridgehead atoms. The fourth-order valence-corrected chi connectivity index (χ4v) is 8.38. The molecule has 1 aliphatic carbocycles. The van der Waals surface area contributed by atoms with E-state index in [1.165, 1.54) is 134 Å². The average Bonchev–Trinajstić information content (AvgIpc) is 3.53. The molecule has 0 saturated carbocycles. The summed E-state index contributed by atoms with van der Waals surface area (Å²) in [5, 5.41) is 2.72. The highest BCUT2D eigenvalue weighted by molar-refractivity contribution is 6.11. The van der Waals surface area contributed by atoms with Crippen LogP contribution in [0.2, 0.25) is 0 Å². The first-order chi connectivity index (χ1) is 22.4. The Morgan fingerprint density at radius 3 is 1.76 bits per heavy atom. The van der Waals surface area contributed by atoms with E-state index in [2.05, 4.69) is 124 Å². The van der Waals surface area contributed by atoms with E-state index < -0.39 is 0 Å². The van der Waals surface area contributed by atoms with Crippen LogP contribution in [0.1, 0.15) is 141 Å². The van der Waals surface area contributed by atoms with Crippen molar-refractivity contribution in [2.45, 2.75) is 135 Å². The minimum absolute atomic E-state index is 0.0903. The van der Waals surface area contributed by atoms with Gasteiger partial charge < -0.3 is 4.57 Å². The van der Waals surface area contributed by atoms with Crippen LogP contribution in [-0.4, -0.2) is 4.57 Å². The number of para-hydroxylation sites is 1. The van der Waals surface area contributed by atoms with Crippen LogP contribution in [0.15, 0.2) is 84.9 Å². The van der Waals surface area contributed by atoms with Crippen molar-refractivity contribution >= 4 is 21.8 Å². The largest absolute Gasteiger partial charge is 0.309 e. The molecule has 0 fully saturated rings. The number of aromatic nitrogens is 1. The topological polar surface area (TPSA) is 4.93 Å². The van der Waals surface area contributed by atoms with E-state index >= 15 is 0 Å². The van der Waals surface area contributed by atoms with Crippen LogP contribution in [-0.2, 0) is 10.8 Å². The fourth-order valence-electron chi connectivity index (χ4n) is 8.38. The second-order valence-corrected chi connectivity index (χ2v) is 15.2. The van der Waals surface area contributed by atoms with Crippen molar-refractivity contribution in [3.63, 3.8) is 0 Å². The Balaban J connectivity index is 1.48. The van der Waals surface area contributed by atoms with Gasteiger partial charge in [0.25, 0.3) is 0 Å². The fraction of sp³-hybridized carbons (Fsp3) is 0.467. The molecular formula is C45H57N. The molecule has 5 aromatic rings. The van der Waals surface area contributed by atoms with Gasteiger partial charge in [0.2, 0.25) is 0 Å². The van der Waals surface area contributed by atoms with Crippen molar-refractivity contribution in [1.29, 1.82) is 0 Å². The van der Waals surface area contributed by atoms with E-state index in [1.54, 1.807) is 11.1 Å². The van der Waals surface area contributed by atoms with Crippen LogP contribution >= 0.6 is 0 Å². The van der Waals surface area contributed by atoms with Crippen LogP contribution in [0.5, 0.6) is 0 Å². The van der Waals surface area contributed by atoms with Crippen molar-refractivity contribution in [1.82, 2.24) is 4.57 Å². The summed E-state index contributed by atoms with van der Waals surface area (Å²) in [6.45, 7) is 11.5. The van der Waals surface area contributed by atoms with E-state index in [-0.39, 0.29) is 10.8 Å². The van der Waals surface area contributed by atoms with E-state index in [0.717, 1.165) is 0 Å². The summed E-state index contributed by atoms with van der Waals surface area (Å²) in [6.07, 6.45) is 18.7. The first-order valence-electron chi connectivity index (χ1n) is 18.7. The van der Waals surface area contributed by atoms with E-state index in [0.29, 0.717) is 0 Å². The molecular weight excluding hydrogens is 555 g/mol. The Bertz CT molecular complexity index is 1730. The second kappa shape index (κ2) is 14.2. The van der Waals surface area contributed by atoms with Crippen LogP contribution in [0, 0.1) is 0 Å². The van der Waals surface area contributed by atoms with E-state index in [9.17, 15) is 0 Å². The number of fused-ring (bicyclic) bond motifs is 6. The number of nitrogens with zero attached hydrogens (tertiary/aromatic N) is 1. The Kier molecular flexibility index (Phi) is 10.1. The summed E-state index contributed by atoms with van der Waals surface area (Å²) in [7, 11) is 0. The maximum atomic E-state index is 2.64. The molecule has 1 aromatic heterocycles. The molecule has 0 atom stereocenters. The molecule has 46 heavy (non-hydrogen) atoms. The molecule has 0 N–H and O–H groups in total. The van der Waals surface area contributed by atoms with E-state index in [4.69, 9.17) is 0 Å². The van der Waals surface area contributed by atoms with Crippen molar-refractivity contribution in [2.24, 2.45) is 0 Å². The lowest BCUT2D eigenvalue weighted by Gasteiger charge is -2.33. The molecule has 0 unspecified atom stereocenters. The number of rotatable bonds is 15. The lowest BCUT2D eigenvalue weighted by Crippen LogP contribution is -2.25. The predicted molar refractivity (Wildman–Crippen MR) is 202 cm³/mol. The van der Waals surface area contributed by atoms with Crippen LogP contribution in [0.25, 0.3) is 38.6 Å². The van der Waals surface area contributed by atoms with E-state index in [1.807, 2.05) is 0 Å². The Labute approximate surface area is 279 Å². The summed E-state index contributed by atoms with van der Waals surface area (Å²) in [5.74, 6) is 0. The zero-order chi connectivity index (χ0) is 32.1. The Morgan fingerprint density at radius 1 is 0.522 bits per heavy atom. The van der Waals surface area contributed by atoms with Crippen molar-refractivity contribution in [2.75, 3.05) is 0 Å². The molecule has 4 aromatic carbocycles. The van der Waals surface area contributed by atoms with Gasteiger partial charge in [-0.05, 0) is 76.4 Å². The lowest BCUT2D eigenvalue weighted by molar-refractivity contribution is 0.398. The van der Waals surface area contributed by atoms with Gasteiger partial charge in [0.05, 0.1) is 11.0 Å². The minimum Gasteiger partial charge on any atom is -0.309 e. The highest BCUT2D eigenvalue weighted by atomic mass is 15.0. The quantitative estimate of drug-likeness (QED) is 0.104. The van der Waals surface area contributed by atoms with Gasteiger partial charge in [0, 0.05) is 21.9 Å². The average molecular weight is 612 g/mol. The molecule has 6 rings (SSSR count). The molecule has 0 aliphatic heterocycles. The predicted octanol–water partition coefficient (Wildman–Crippen LogP) is 13.8. The highest BCUT2D eigenvalue weighted by Gasteiger charge is 2.42. The third-order valence-electron chi connectivity index (χ3n) is 11.0. The van der Waals surface area contributed by atoms with Gasteiger partial charge in [-0.3, -0.25) is 0 Å². The van der Waals surface area contributed by atoms with Crippen LogP contribution in [0.4, 0.5) is 0 Å². The highest BCUT2D eigenvalue weighted by Crippen LogP contribution is 2.55. The summed E-state index contributed by atoms with van der Waals surface area (Å²) in [6, 6.07) is 33.0. The van der Waals surface area contributed by atoms with Gasteiger partial charge >= 0.3 is 0 Å². The molecule has 1 heteroatoms. The molecule has 0 saturated heterocycles. The van der Waals surface area contributed by atoms with Gasteiger partial charge in [0.15, 0.2) is 0 Å². The molecule has 242 valence electrons. The molecule has 1 nitrogen and oxygen atoms in total. The van der Waals surface area contributed by atoms with Crippen molar-refractivity contribution < 1.29 is 0 Å². The number of hydrogen-bond donors (Lipinski definition) is 0. The summed E-state index contributed by atoms with van der Waals surface area (Å²) in [5.41, 5.74) is 11.6. The number of benzene rings is 4. The first kappa shape index (κ1) is 32.6.